The molecule has 1 saturated carbocycles. The first-order valence-electron chi connectivity index (χ1n) is 27.8. The molecule has 1 fully saturated rings. The highest BCUT2D eigenvalue weighted by molar-refractivity contribution is 7.01. The topological polar surface area (TPSA) is 9.72 Å². The van der Waals surface area contributed by atoms with Crippen LogP contribution in [0.3, 0.4) is 0 Å². The average Bonchev–Trinajstić information content (AvgIpc) is 4.03. The van der Waals surface area contributed by atoms with Gasteiger partial charge in [0.25, 0.3) is 6.71 Å². The molecule has 0 aromatic heterocycles. The number of rotatable bonds is 6. The molecule has 75 heavy (non-hydrogen) atoms. The van der Waals surface area contributed by atoms with Crippen molar-refractivity contribution in [3.05, 3.63) is 234 Å². The molecule has 0 radical (unpaired) electrons. The first-order valence-corrected chi connectivity index (χ1v) is 31.3. The predicted molar refractivity (Wildman–Crippen MR) is 320 cm³/mol. The van der Waals surface area contributed by atoms with E-state index in [1.54, 1.807) is 10.8 Å². The molecule has 0 N–H and O–H groups in total. The fraction of sp³-hybridized carbons (Fsp3) is 0.229. The molecule has 4 aliphatic heterocycles. The Kier molecular flexibility index (Phi) is 9.53. The molecule has 4 heterocycles. The number of hydrogen-bond acceptors (Lipinski definition) is 3. The maximum atomic E-state index is 2.97. The average molecular weight is 986 g/mol. The SMILES string of the molecule is CC12CCc3ccccc3C1(C)N(c1cc3c4c(c1)N1c5c(cc([Si](C)(C)C)cc5C5(c6ccccc6)CCCCC15C)B4c1cc(-c4ccccc4)ccc1N3c1ccc(-c3ccccc3)cc1)c1ccccc12. The molecule has 366 valence electrons. The molecule has 4 atom stereocenters. The van der Waals surface area contributed by atoms with Crippen LogP contribution in [0.25, 0.3) is 22.3 Å². The van der Waals surface area contributed by atoms with Crippen molar-refractivity contribution in [3.8, 4) is 22.3 Å². The van der Waals surface area contributed by atoms with Gasteiger partial charge in [0, 0.05) is 50.6 Å². The first kappa shape index (κ1) is 45.1. The molecule has 0 amide bonds. The first-order chi connectivity index (χ1) is 36.4. The van der Waals surface area contributed by atoms with Crippen LogP contribution in [0, 0.1) is 0 Å². The van der Waals surface area contributed by atoms with E-state index in [1.165, 1.54) is 114 Å². The number of hydrogen-bond donors (Lipinski definition) is 0. The zero-order valence-electron chi connectivity index (χ0n) is 44.3. The van der Waals surface area contributed by atoms with Gasteiger partial charge in [-0.2, -0.15) is 0 Å². The highest BCUT2D eigenvalue weighted by Gasteiger charge is 2.65. The number of fused-ring (bicyclic) bond motifs is 12. The number of benzene rings is 9. The van der Waals surface area contributed by atoms with Crippen LogP contribution in [0.15, 0.2) is 206 Å². The van der Waals surface area contributed by atoms with Crippen molar-refractivity contribution in [1.82, 2.24) is 0 Å². The Morgan fingerprint density at radius 1 is 0.453 bits per heavy atom. The molecule has 0 saturated heterocycles. The van der Waals surface area contributed by atoms with Crippen LogP contribution in [0.5, 0.6) is 0 Å². The van der Waals surface area contributed by atoms with Gasteiger partial charge in [0.2, 0.25) is 0 Å². The van der Waals surface area contributed by atoms with E-state index in [0.29, 0.717) is 0 Å². The summed E-state index contributed by atoms with van der Waals surface area (Å²) >= 11 is 0. The summed E-state index contributed by atoms with van der Waals surface area (Å²) in [7, 11) is -1.88. The van der Waals surface area contributed by atoms with E-state index in [0.717, 1.165) is 25.7 Å². The van der Waals surface area contributed by atoms with Crippen molar-refractivity contribution in [3.63, 3.8) is 0 Å². The monoisotopic (exact) mass is 985 g/mol. The maximum absolute atomic E-state index is 2.97. The molecule has 9 aromatic carbocycles. The molecule has 6 aliphatic rings. The molecule has 5 heteroatoms. The quantitative estimate of drug-likeness (QED) is 0.154. The van der Waals surface area contributed by atoms with E-state index in [1.807, 2.05) is 0 Å². The van der Waals surface area contributed by atoms with Gasteiger partial charge in [0.15, 0.2) is 0 Å². The van der Waals surface area contributed by atoms with E-state index in [9.17, 15) is 0 Å². The Bertz CT molecular complexity index is 3790. The lowest BCUT2D eigenvalue weighted by Crippen LogP contribution is -2.65. The van der Waals surface area contributed by atoms with Crippen molar-refractivity contribution in [2.75, 3.05) is 14.7 Å². The third-order valence-electron chi connectivity index (χ3n) is 19.9. The molecule has 3 nitrogen and oxygen atoms in total. The van der Waals surface area contributed by atoms with Gasteiger partial charge in [-0.15, -0.1) is 0 Å². The smallest absolute Gasteiger partial charge is 0.252 e. The molecule has 15 rings (SSSR count). The van der Waals surface area contributed by atoms with Crippen LogP contribution in [0.4, 0.5) is 39.8 Å². The lowest BCUT2D eigenvalue weighted by molar-refractivity contribution is 0.215. The van der Waals surface area contributed by atoms with Gasteiger partial charge in [-0.3, -0.25) is 0 Å². The van der Waals surface area contributed by atoms with Crippen LogP contribution in [0.2, 0.25) is 19.6 Å². The third kappa shape index (κ3) is 5.94. The van der Waals surface area contributed by atoms with Crippen molar-refractivity contribution in [2.24, 2.45) is 0 Å². The van der Waals surface area contributed by atoms with Crippen LogP contribution in [-0.4, -0.2) is 20.3 Å². The molecule has 2 aliphatic carbocycles. The minimum Gasteiger partial charge on any atom is -0.335 e. The summed E-state index contributed by atoms with van der Waals surface area (Å²) in [6, 6.07) is 80.1. The highest BCUT2D eigenvalue weighted by atomic mass is 28.3. The summed E-state index contributed by atoms with van der Waals surface area (Å²) < 4.78 is 0. The van der Waals surface area contributed by atoms with E-state index >= 15 is 0 Å². The van der Waals surface area contributed by atoms with Gasteiger partial charge in [-0.1, -0.05) is 214 Å². The van der Waals surface area contributed by atoms with Gasteiger partial charge in [-0.05, 0) is 142 Å². The second-order valence-corrected chi connectivity index (χ2v) is 29.5. The normalized spacial score (nSPS) is 23.4. The zero-order chi connectivity index (χ0) is 50.6. The van der Waals surface area contributed by atoms with Crippen LogP contribution < -0.4 is 36.3 Å². The molecule has 9 aromatic rings. The molecule has 4 unspecified atom stereocenters. The molecular weight excluding hydrogens is 922 g/mol. The van der Waals surface area contributed by atoms with E-state index in [-0.39, 0.29) is 28.6 Å². The van der Waals surface area contributed by atoms with Gasteiger partial charge in [0.1, 0.15) is 0 Å². The van der Waals surface area contributed by atoms with Crippen molar-refractivity contribution >= 4 is 76.2 Å². The lowest BCUT2D eigenvalue weighted by atomic mass is 9.33. The van der Waals surface area contributed by atoms with Crippen LogP contribution in [-0.2, 0) is 22.8 Å². The molecule has 0 spiro atoms. The van der Waals surface area contributed by atoms with Crippen LogP contribution in [0.1, 0.15) is 80.7 Å². The Morgan fingerprint density at radius 3 is 1.80 bits per heavy atom. The number of anilines is 7. The van der Waals surface area contributed by atoms with Crippen LogP contribution >= 0.6 is 0 Å². The lowest BCUT2D eigenvalue weighted by Gasteiger charge is -2.55. The Labute approximate surface area is 445 Å². The minimum atomic E-state index is -1.88. The second kappa shape index (κ2) is 15.8. The second-order valence-electron chi connectivity index (χ2n) is 24.4. The third-order valence-corrected chi connectivity index (χ3v) is 21.9. The summed E-state index contributed by atoms with van der Waals surface area (Å²) in [6.45, 7) is 15.5. The van der Waals surface area contributed by atoms with Crippen molar-refractivity contribution in [2.45, 2.75) is 101 Å². The van der Waals surface area contributed by atoms with Gasteiger partial charge in [-0.25, -0.2) is 0 Å². The van der Waals surface area contributed by atoms with Gasteiger partial charge in [0.05, 0.1) is 19.2 Å². The van der Waals surface area contributed by atoms with Crippen molar-refractivity contribution in [1.29, 1.82) is 0 Å². The summed E-state index contributed by atoms with van der Waals surface area (Å²) in [5.41, 5.74) is 24.8. The fourth-order valence-corrected chi connectivity index (χ4v) is 17.3. The Balaban J connectivity index is 1.09. The van der Waals surface area contributed by atoms with Gasteiger partial charge >= 0.3 is 0 Å². The standard InChI is InChI=1S/C70H64BN3Si/c1-67-41-38-50-26-16-17-29-56(50)69(67,3)73(61-31-19-18-30-57(61)67)54-43-63-65-64(44-54)74-66-58(70(52-27-14-9-15-28-52)40-21-20-39-68(70,74)2)45-55(75(4,5)6)46-60(66)71(65)59-42-51(48-24-12-8-13-25-48)34-37-62(59)72(63)53-35-32-49(33-36-53)47-22-10-7-11-23-47/h7-19,22-37,42-46H,20-21,38-41H2,1-6H3. The minimum absolute atomic E-state index is 0.00236. The fourth-order valence-electron chi connectivity index (χ4n) is 16.1. The molecular formula is C70H64BN3Si. The number of aryl methyl sites for hydroxylation is 1. The van der Waals surface area contributed by atoms with E-state index < -0.39 is 8.07 Å². The van der Waals surface area contributed by atoms with E-state index in [4.69, 9.17) is 0 Å². The largest absolute Gasteiger partial charge is 0.335 e. The summed E-state index contributed by atoms with van der Waals surface area (Å²) in [4.78, 5) is 8.44. The zero-order valence-corrected chi connectivity index (χ0v) is 45.3. The highest BCUT2D eigenvalue weighted by Crippen LogP contribution is 2.67. The Hall–Kier alpha value is -7.34. The predicted octanol–water partition coefficient (Wildman–Crippen LogP) is 15.2. The summed E-state index contributed by atoms with van der Waals surface area (Å²) in [6.07, 6.45) is 6.81. The van der Waals surface area contributed by atoms with E-state index in [2.05, 4.69) is 261 Å². The number of para-hydroxylation sites is 1. The van der Waals surface area contributed by atoms with Gasteiger partial charge < -0.3 is 14.7 Å². The van der Waals surface area contributed by atoms with Crippen molar-refractivity contribution < 1.29 is 0 Å². The Morgan fingerprint density at radius 2 is 1.07 bits per heavy atom. The number of nitrogens with zero attached hydrogens (tertiary/aromatic N) is 3. The summed E-state index contributed by atoms with van der Waals surface area (Å²) in [5.74, 6) is 0. The molecule has 0 bridgehead atoms. The maximum Gasteiger partial charge on any atom is 0.252 e. The summed E-state index contributed by atoms with van der Waals surface area (Å²) in [5, 5.41) is 1.56.